The van der Waals surface area contributed by atoms with Crippen LogP contribution in [0.1, 0.15) is 60.0 Å². The van der Waals surface area contributed by atoms with Crippen LogP contribution < -0.4 is 26.8 Å². The molecule has 2 unspecified atom stereocenters. The highest BCUT2D eigenvalue weighted by Gasteiger charge is 2.50. The normalized spacial score (nSPS) is 20.6. The number of carbonyl (C=O) groups excluding carboxylic acids is 3. The van der Waals surface area contributed by atoms with Crippen LogP contribution in [0.4, 0.5) is 16.4 Å². The van der Waals surface area contributed by atoms with E-state index in [9.17, 15) is 47.8 Å². The van der Waals surface area contributed by atoms with Gasteiger partial charge in [0.15, 0.2) is 29.2 Å². The summed E-state index contributed by atoms with van der Waals surface area (Å²) >= 11 is 0. The molecule has 27 nitrogen and oxygen atoms in total. The van der Waals surface area contributed by atoms with Crippen molar-refractivity contribution in [3.8, 4) is 0 Å². The fourth-order valence-electron chi connectivity index (χ4n) is 8.77. The number of amides is 3. The zero-order chi connectivity index (χ0) is 54.9. The number of aromatic amines is 1. The Kier molecular flexibility index (Phi) is 16.7. The Hall–Kier alpha value is -6.18. The van der Waals surface area contributed by atoms with E-state index < -0.39 is 66.3 Å². The largest absolute Gasteiger partial charge is 0.490 e. The van der Waals surface area contributed by atoms with Crippen molar-refractivity contribution in [3.63, 3.8) is 0 Å². The van der Waals surface area contributed by atoms with Gasteiger partial charge in [-0.25, -0.2) is 28.0 Å². The summed E-state index contributed by atoms with van der Waals surface area (Å²) in [5, 5.41) is 16.3. The number of aromatic nitrogens is 4. The molecule has 3 heterocycles. The molecule has 3 aliphatic rings. The first-order chi connectivity index (χ1) is 35.1. The lowest BCUT2D eigenvalue weighted by Gasteiger charge is -2.39. The summed E-state index contributed by atoms with van der Waals surface area (Å²) in [6.45, 7) is 3.24. The lowest BCUT2D eigenvalue weighted by Crippen LogP contribution is -2.41. The van der Waals surface area contributed by atoms with Gasteiger partial charge in [0, 0.05) is 76.0 Å². The van der Waals surface area contributed by atoms with Crippen molar-refractivity contribution in [3.05, 3.63) is 111 Å². The number of hydrogen-bond donors (Lipinski definition) is 9. The van der Waals surface area contributed by atoms with Gasteiger partial charge in [0.05, 0.1) is 12.9 Å². The smallest absolute Gasteiger partial charge is 0.439 e. The fourth-order valence-corrected chi connectivity index (χ4v) is 11.8. The van der Waals surface area contributed by atoms with Crippen LogP contribution in [0.3, 0.4) is 0 Å². The van der Waals surface area contributed by atoms with E-state index in [0.29, 0.717) is 12.0 Å². The molecule has 0 bridgehead atoms. The average molecular weight is 1100 g/mol. The number of phosphoric ester groups is 1. The van der Waals surface area contributed by atoms with Gasteiger partial charge in [-0.15, -0.1) is 0 Å². The zero-order valence-corrected chi connectivity index (χ0v) is 44.3. The number of aliphatic hydroxyl groups is 1. The second-order valence-electron chi connectivity index (χ2n) is 18.5. The monoisotopic (exact) mass is 1100 g/mol. The second-order valence-corrected chi connectivity index (χ2v) is 22.9. The van der Waals surface area contributed by atoms with Crippen molar-refractivity contribution >= 4 is 75.5 Å². The number of alkyl carbamates (subject to hydrolysis) is 1. The number of allylic oxidation sites excluding steroid dienone is 5. The molecule has 10 N–H and O–H groups in total. The summed E-state index contributed by atoms with van der Waals surface area (Å²) in [5.41, 5.74) is 12.7. The van der Waals surface area contributed by atoms with Gasteiger partial charge in [-0.2, -0.15) is 13.6 Å². The number of fused-ring (bicyclic) bond motifs is 3. The number of rotatable bonds is 19. The van der Waals surface area contributed by atoms with Crippen LogP contribution in [0.25, 0.3) is 16.7 Å². The lowest BCUT2D eigenvalue weighted by atomic mass is 9.64. The van der Waals surface area contributed by atoms with Crippen LogP contribution in [0.15, 0.2) is 83.0 Å². The number of phosphoric acid groups is 3. The Morgan fingerprint density at radius 1 is 0.973 bits per heavy atom. The minimum Gasteiger partial charge on any atom is -0.439 e. The number of nitrogens with two attached hydrogens (primary N) is 1. The lowest BCUT2D eigenvalue weighted by molar-refractivity contribution is -0.462. The van der Waals surface area contributed by atoms with Crippen LogP contribution in [-0.2, 0) is 46.5 Å². The molecule has 30 heteroatoms. The van der Waals surface area contributed by atoms with Gasteiger partial charge in [0.25, 0.3) is 11.5 Å². The first kappa shape index (κ1) is 56.5. The third kappa shape index (κ3) is 12.9. The standard InChI is InChI=1S/C45H57N10O17P3/c1-45(2)31-21-25(52(3)4)14-16-29(31)35(30-17-15-26(53(5)6)22-32(30)45)27-11-8-9-12-28(27)41(59)54(7)20-10-13-34(56)47-18-19-48-44(60)70-38-37(57)33(23-68-74(64,65)72-75(66,67)71-73(61,62)63)69-42(38)55-24-49-36-39(55)50-43(46)51-40(36)58/h8-9,11-12,14-17,21-22,24,33,37-38,42,57H,10,13,18-20,23H2,1-7H3,(H8-,46,47,48,50,51,56,58,60,61,62,63,64,65,66,67)/p+1/t33-,37-,38-,42-/m1/s1. The molecule has 1 aliphatic heterocycles. The maximum absolute atomic E-state index is 14.3. The Labute approximate surface area is 428 Å². The fraction of sp³-hybridized carbons (Fsp3) is 0.400. The van der Waals surface area contributed by atoms with Crippen LogP contribution >= 0.6 is 23.5 Å². The molecule has 3 amide bonds. The number of imidazole rings is 1. The molecule has 2 aliphatic carbocycles. The number of hydrogen-bond acceptors (Lipinski definition) is 17. The van der Waals surface area contributed by atoms with E-state index in [1.165, 1.54) is 0 Å². The second kappa shape index (κ2) is 22.2. The number of H-pyrrole nitrogens is 1. The quantitative estimate of drug-likeness (QED) is 0.0370. The number of benzene rings is 2. The van der Waals surface area contributed by atoms with Crippen LogP contribution in [0, 0.1) is 0 Å². The van der Waals surface area contributed by atoms with Crippen molar-refractivity contribution < 1.29 is 80.0 Å². The zero-order valence-electron chi connectivity index (χ0n) is 41.6. The Balaban J connectivity index is 0.958. The number of anilines is 2. The van der Waals surface area contributed by atoms with Crippen molar-refractivity contribution in [2.45, 2.75) is 56.6 Å². The maximum atomic E-state index is 14.3. The Morgan fingerprint density at radius 2 is 1.68 bits per heavy atom. The molecule has 1 fully saturated rings. The molecule has 4 aromatic rings. The van der Waals surface area contributed by atoms with Crippen molar-refractivity contribution in [1.29, 1.82) is 0 Å². The molecule has 0 saturated carbocycles. The van der Waals surface area contributed by atoms with Gasteiger partial charge in [0.1, 0.15) is 26.3 Å². The number of nitrogens with zero attached hydrogens (tertiary/aromatic N) is 6. The van der Waals surface area contributed by atoms with Crippen molar-refractivity contribution in [2.75, 3.05) is 72.1 Å². The minimum atomic E-state index is -5.90. The van der Waals surface area contributed by atoms with E-state index in [0.717, 1.165) is 55.7 Å². The number of aliphatic hydroxyl groups excluding tert-OH is 1. The number of nitrogens with one attached hydrogen (secondary N) is 3. The summed E-state index contributed by atoms with van der Waals surface area (Å²) in [6, 6.07) is 13.9. The molecular formula is C45H58N10O17P3+. The van der Waals surface area contributed by atoms with Gasteiger partial charge in [-0.1, -0.05) is 38.1 Å². The first-order valence-electron chi connectivity index (χ1n) is 23.0. The molecule has 1 saturated heterocycles. The molecule has 2 aromatic carbocycles. The van der Waals surface area contributed by atoms with E-state index in [2.05, 4.69) is 98.5 Å². The maximum Gasteiger partial charge on any atom is 0.490 e. The topological polar surface area (TPSA) is 373 Å². The Bertz CT molecular complexity index is 3250. The Morgan fingerprint density at radius 3 is 2.37 bits per heavy atom. The van der Waals surface area contributed by atoms with Crippen LogP contribution in [0.2, 0.25) is 0 Å². The molecule has 0 radical (unpaired) electrons. The van der Waals surface area contributed by atoms with E-state index >= 15 is 0 Å². The van der Waals surface area contributed by atoms with Crippen molar-refractivity contribution in [1.82, 2.24) is 35.1 Å². The summed E-state index contributed by atoms with van der Waals surface area (Å²) in [7, 11) is -7.60. The summed E-state index contributed by atoms with van der Waals surface area (Å²) in [5.74, 6) is -0.975. The molecule has 404 valence electrons. The predicted octanol–water partition coefficient (Wildman–Crippen LogP) is 2.44. The van der Waals surface area contributed by atoms with Gasteiger partial charge in [0.2, 0.25) is 11.9 Å². The SMILES string of the molecule is CN(CCCC(=O)NCCNC(=O)O[C@@H]1[C@H](O)[C@@H](COP(=O)(O)OP(=O)(O)OP(=O)(O)O)O[C@H]1n1cnc2c(=O)[nH]c(N)nc21)C(=O)c1ccccc1C1=C2C=CC(=[N+](C)C)C=C2C(C)(C)c2cc(N(C)C)ccc21. The highest BCUT2D eigenvalue weighted by Crippen LogP contribution is 2.66. The first-order valence-corrected chi connectivity index (χ1v) is 27.5. The average Bonchev–Trinajstić information content (AvgIpc) is 3.87. The van der Waals surface area contributed by atoms with Crippen molar-refractivity contribution in [2.24, 2.45) is 0 Å². The number of nitrogen functional groups attached to an aromatic ring is 1. The summed E-state index contributed by atoms with van der Waals surface area (Å²) in [6.07, 6.45) is -0.381. The van der Waals surface area contributed by atoms with Crippen LogP contribution in [-0.4, -0.2) is 157 Å². The van der Waals surface area contributed by atoms with Gasteiger partial charge in [-0.3, -0.25) is 28.5 Å². The third-order valence-corrected chi connectivity index (χ3v) is 16.2. The number of ether oxygens (including phenoxy) is 2. The molecule has 0 spiro atoms. The molecule has 75 heavy (non-hydrogen) atoms. The van der Waals surface area contributed by atoms with E-state index in [-0.39, 0.29) is 60.4 Å². The van der Waals surface area contributed by atoms with Crippen LogP contribution in [0.5, 0.6) is 0 Å². The molecular weight excluding hydrogens is 1050 g/mol. The van der Waals surface area contributed by atoms with Gasteiger partial charge < -0.3 is 60.3 Å². The van der Waals surface area contributed by atoms with Gasteiger partial charge >= 0.3 is 29.6 Å². The van der Waals surface area contributed by atoms with E-state index in [1.807, 2.05) is 46.4 Å². The summed E-state index contributed by atoms with van der Waals surface area (Å²) in [4.78, 5) is 104. The highest BCUT2D eigenvalue weighted by molar-refractivity contribution is 7.66. The minimum absolute atomic E-state index is 0.0225. The number of carbonyl (C=O) groups is 3. The predicted molar refractivity (Wildman–Crippen MR) is 270 cm³/mol. The third-order valence-electron chi connectivity index (χ3n) is 12.4. The van der Waals surface area contributed by atoms with E-state index in [1.54, 1.807) is 18.0 Å². The van der Waals surface area contributed by atoms with Gasteiger partial charge in [-0.05, 0) is 64.1 Å². The highest BCUT2D eigenvalue weighted by atomic mass is 31.3. The molecule has 7 rings (SSSR count). The van der Waals surface area contributed by atoms with E-state index in [4.69, 9.17) is 25.0 Å². The molecule has 2 aromatic heterocycles. The summed E-state index contributed by atoms with van der Waals surface area (Å²) < 4.78 is 61.6. The molecule has 6 atom stereocenters.